The van der Waals surface area contributed by atoms with Crippen molar-refractivity contribution in [1.29, 1.82) is 0 Å². The van der Waals surface area contributed by atoms with Crippen molar-refractivity contribution in [2.45, 2.75) is 33.1 Å². The van der Waals surface area contributed by atoms with Gasteiger partial charge in [-0.25, -0.2) is 0 Å². The molecule has 0 radical (unpaired) electrons. The molecule has 0 unspecified atom stereocenters. The lowest BCUT2D eigenvalue weighted by Crippen LogP contribution is -1.95. The van der Waals surface area contributed by atoms with E-state index in [1.165, 1.54) is 0 Å². The first kappa shape index (κ1) is 10.9. The Kier molecular flexibility index (Phi) is 3.39. The van der Waals surface area contributed by atoms with Crippen molar-refractivity contribution in [1.82, 2.24) is 0 Å². The van der Waals surface area contributed by atoms with Gasteiger partial charge in [0, 0.05) is 6.07 Å². The van der Waals surface area contributed by atoms with E-state index in [4.69, 9.17) is 4.74 Å². The fraction of sp³-hybridized carbons (Fsp3) is 0.500. The molecule has 0 heterocycles. The molecule has 78 valence electrons. The number of aromatic hydroxyl groups is 1. The van der Waals surface area contributed by atoms with Crippen molar-refractivity contribution < 1.29 is 9.84 Å². The Balaban J connectivity index is 3.23. The van der Waals surface area contributed by atoms with Gasteiger partial charge in [-0.2, -0.15) is 0 Å². The second-order valence-corrected chi connectivity index (χ2v) is 3.73. The van der Waals surface area contributed by atoms with Gasteiger partial charge in [-0.1, -0.05) is 20.8 Å². The molecule has 0 aromatic heterocycles. The zero-order chi connectivity index (χ0) is 10.7. The van der Waals surface area contributed by atoms with Crippen molar-refractivity contribution >= 4 is 0 Å². The van der Waals surface area contributed by atoms with Gasteiger partial charge in [0.15, 0.2) is 0 Å². The molecule has 1 rings (SSSR count). The van der Waals surface area contributed by atoms with Crippen LogP contribution in [0, 0.1) is 0 Å². The summed E-state index contributed by atoms with van der Waals surface area (Å²) < 4.78 is 5.19. The number of methoxy groups -OCH3 is 1. The maximum absolute atomic E-state index is 9.73. The fourth-order valence-electron chi connectivity index (χ4n) is 1.56. The van der Waals surface area contributed by atoms with Gasteiger partial charge in [-0.3, -0.25) is 0 Å². The van der Waals surface area contributed by atoms with Crippen LogP contribution < -0.4 is 4.74 Å². The fourth-order valence-corrected chi connectivity index (χ4v) is 1.56. The van der Waals surface area contributed by atoms with E-state index in [-0.39, 0.29) is 0 Å². The van der Waals surface area contributed by atoms with E-state index in [1.54, 1.807) is 13.2 Å². The molecular formula is C12H18O2. The van der Waals surface area contributed by atoms with Crippen molar-refractivity contribution in [2.75, 3.05) is 7.11 Å². The van der Waals surface area contributed by atoms with E-state index in [2.05, 4.69) is 20.8 Å². The molecule has 0 amide bonds. The predicted molar refractivity (Wildman–Crippen MR) is 58.1 cm³/mol. The number of benzene rings is 1. The molecular weight excluding hydrogens is 176 g/mol. The summed E-state index contributed by atoms with van der Waals surface area (Å²) in [5.41, 5.74) is 2.14. The topological polar surface area (TPSA) is 29.5 Å². The SMILES string of the molecule is CCc1cc(C(C)C)c(O)cc1OC. The monoisotopic (exact) mass is 194 g/mol. The first-order chi connectivity index (χ1) is 6.60. The van der Waals surface area contributed by atoms with E-state index in [0.717, 1.165) is 23.3 Å². The van der Waals surface area contributed by atoms with Gasteiger partial charge in [0.25, 0.3) is 0 Å². The molecule has 1 aromatic rings. The van der Waals surface area contributed by atoms with E-state index in [1.807, 2.05) is 6.07 Å². The Hall–Kier alpha value is -1.18. The predicted octanol–water partition coefficient (Wildman–Crippen LogP) is 3.09. The second-order valence-electron chi connectivity index (χ2n) is 3.73. The first-order valence-electron chi connectivity index (χ1n) is 4.99. The summed E-state index contributed by atoms with van der Waals surface area (Å²) in [4.78, 5) is 0. The molecule has 0 bridgehead atoms. The Labute approximate surface area is 85.5 Å². The quantitative estimate of drug-likeness (QED) is 0.801. The van der Waals surface area contributed by atoms with Gasteiger partial charge >= 0.3 is 0 Å². The number of rotatable bonds is 3. The van der Waals surface area contributed by atoms with Crippen LogP contribution in [-0.2, 0) is 6.42 Å². The van der Waals surface area contributed by atoms with Crippen LogP contribution in [0.25, 0.3) is 0 Å². The molecule has 0 fully saturated rings. The second kappa shape index (κ2) is 4.36. The lowest BCUT2D eigenvalue weighted by molar-refractivity contribution is 0.401. The normalized spacial score (nSPS) is 10.6. The number of aryl methyl sites for hydroxylation is 1. The van der Waals surface area contributed by atoms with Gasteiger partial charge < -0.3 is 9.84 Å². The average Bonchev–Trinajstić information content (AvgIpc) is 2.16. The van der Waals surface area contributed by atoms with Crippen LogP contribution in [0.3, 0.4) is 0 Å². The van der Waals surface area contributed by atoms with Crippen molar-refractivity contribution in [3.8, 4) is 11.5 Å². The van der Waals surface area contributed by atoms with Crippen molar-refractivity contribution in [3.05, 3.63) is 23.3 Å². The number of phenolic OH excluding ortho intramolecular Hbond substituents is 1. The van der Waals surface area contributed by atoms with E-state index < -0.39 is 0 Å². The number of hydrogen-bond acceptors (Lipinski definition) is 2. The molecule has 1 aromatic carbocycles. The molecule has 0 aliphatic heterocycles. The molecule has 0 atom stereocenters. The summed E-state index contributed by atoms with van der Waals surface area (Å²) in [6.45, 7) is 6.22. The Morgan fingerprint density at radius 2 is 2.00 bits per heavy atom. The third-order valence-electron chi connectivity index (χ3n) is 2.43. The molecule has 0 aliphatic carbocycles. The summed E-state index contributed by atoms with van der Waals surface area (Å²) >= 11 is 0. The highest BCUT2D eigenvalue weighted by atomic mass is 16.5. The van der Waals surface area contributed by atoms with Crippen molar-refractivity contribution in [2.24, 2.45) is 0 Å². The minimum Gasteiger partial charge on any atom is -0.508 e. The number of ether oxygens (including phenoxy) is 1. The largest absolute Gasteiger partial charge is 0.508 e. The van der Waals surface area contributed by atoms with Crippen LogP contribution in [0.5, 0.6) is 11.5 Å². The van der Waals surface area contributed by atoms with Gasteiger partial charge in [0.2, 0.25) is 0 Å². The third-order valence-corrected chi connectivity index (χ3v) is 2.43. The highest BCUT2D eigenvalue weighted by Gasteiger charge is 2.10. The average molecular weight is 194 g/mol. The Bertz CT molecular complexity index is 316. The van der Waals surface area contributed by atoms with Crippen LogP contribution in [0.1, 0.15) is 37.8 Å². The van der Waals surface area contributed by atoms with E-state index in [0.29, 0.717) is 11.7 Å². The van der Waals surface area contributed by atoms with E-state index in [9.17, 15) is 5.11 Å². The van der Waals surface area contributed by atoms with Gasteiger partial charge in [-0.15, -0.1) is 0 Å². The molecule has 0 saturated heterocycles. The van der Waals surface area contributed by atoms with Crippen molar-refractivity contribution in [3.63, 3.8) is 0 Å². The molecule has 2 heteroatoms. The Morgan fingerprint density at radius 3 is 2.43 bits per heavy atom. The lowest BCUT2D eigenvalue weighted by atomic mass is 9.98. The zero-order valence-corrected chi connectivity index (χ0v) is 9.29. The maximum Gasteiger partial charge on any atom is 0.125 e. The third kappa shape index (κ3) is 2.00. The van der Waals surface area contributed by atoms with Crippen LogP contribution in [0.2, 0.25) is 0 Å². The van der Waals surface area contributed by atoms with Crippen LogP contribution in [-0.4, -0.2) is 12.2 Å². The number of hydrogen-bond donors (Lipinski definition) is 1. The summed E-state index contributed by atoms with van der Waals surface area (Å²) in [7, 11) is 1.63. The first-order valence-corrected chi connectivity index (χ1v) is 4.99. The van der Waals surface area contributed by atoms with Crippen LogP contribution in [0.4, 0.5) is 0 Å². The minimum atomic E-state index is 0.328. The van der Waals surface area contributed by atoms with Gasteiger partial charge in [-0.05, 0) is 29.5 Å². The summed E-state index contributed by atoms with van der Waals surface area (Å²) in [6.07, 6.45) is 0.920. The lowest BCUT2D eigenvalue weighted by Gasteiger charge is -2.13. The molecule has 1 N–H and O–H groups in total. The molecule has 2 nitrogen and oxygen atoms in total. The zero-order valence-electron chi connectivity index (χ0n) is 9.29. The summed E-state index contributed by atoms with van der Waals surface area (Å²) in [5, 5.41) is 9.73. The van der Waals surface area contributed by atoms with Crippen LogP contribution in [0.15, 0.2) is 12.1 Å². The molecule has 0 spiro atoms. The van der Waals surface area contributed by atoms with Gasteiger partial charge in [0.05, 0.1) is 7.11 Å². The van der Waals surface area contributed by atoms with E-state index >= 15 is 0 Å². The van der Waals surface area contributed by atoms with Gasteiger partial charge in [0.1, 0.15) is 11.5 Å². The Morgan fingerprint density at radius 1 is 1.36 bits per heavy atom. The molecule has 0 saturated carbocycles. The molecule has 14 heavy (non-hydrogen) atoms. The smallest absolute Gasteiger partial charge is 0.125 e. The minimum absolute atomic E-state index is 0.328. The standard InChI is InChI=1S/C12H18O2/c1-5-9-6-10(8(2)3)11(13)7-12(9)14-4/h6-8,13H,5H2,1-4H3. The van der Waals surface area contributed by atoms with Crippen LogP contribution >= 0.6 is 0 Å². The maximum atomic E-state index is 9.73. The summed E-state index contributed by atoms with van der Waals surface area (Å²) in [6, 6.07) is 3.73. The number of phenols is 1. The highest BCUT2D eigenvalue weighted by molar-refractivity contribution is 5.47. The molecule has 0 aliphatic rings. The highest BCUT2D eigenvalue weighted by Crippen LogP contribution is 2.32. The summed E-state index contributed by atoms with van der Waals surface area (Å²) in [5.74, 6) is 1.44.